The van der Waals surface area contributed by atoms with Crippen molar-refractivity contribution < 1.29 is 4.92 Å². The van der Waals surface area contributed by atoms with Crippen LogP contribution in [0, 0.1) is 24.0 Å². The zero-order valence-corrected chi connectivity index (χ0v) is 9.78. The van der Waals surface area contributed by atoms with E-state index in [1.54, 1.807) is 13.8 Å². The van der Waals surface area contributed by atoms with Crippen LogP contribution in [0.25, 0.3) is 5.82 Å². The van der Waals surface area contributed by atoms with Gasteiger partial charge in [0, 0.05) is 6.07 Å². The van der Waals surface area contributed by atoms with Gasteiger partial charge in [-0.1, -0.05) is 0 Å². The molecule has 0 saturated heterocycles. The fraction of sp³-hybridized carbons (Fsp3) is 0.222. The third-order valence-corrected chi connectivity index (χ3v) is 2.40. The number of rotatable bonds is 2. The monoisotopic (exact) mass is 249 g/mol. The number of aromatic nitrogens is 4. The van der Waals surface area contributed by atoms with E-state index in [2.05, 4.69) is 15.1 Å². The third-order valence-electron chi connectivity index (χ3n) is 2.40. The van der Waals surface area contributed by atoms with E-state index in [0.29, 0.717) is 17.2 Å². The SMILES string of the molecule is Cc1nn(-c2cc(N)nc(N)n2)c(C)c1[N+](=O)[O-]. The number of nitro groups is 1. The summed E-state index contributed by atoms with van der Waals surface area (Å²) in [5, 5.41) is 14.9. The van der Waals surface area contributed by atoms with Crippen molar-refractivity contribution in [2.75, 3.05) is 11.5 Å². The molecule has 4 N–H and O–H groups in total. The Bertz CT molecular complexity index is 614. The second kappa shape index (κ2) is 3.95. The van der Waals surface area contributed by atoms with E-state index in [4.69, 9.17) is 11.5 Å². The van der Waals surface area contributed by atoms with Gasteiger partial charge in [0.2, 0.25) is 5.95 Å². The maximum Gasteiger partial charge on any atom is 0.313 e. The van der Waals surface area contributed by atoms with Gasteiger partial charge in [-0.15, -0.1) is 0 Å². The van der Waals surface area contributed by atoms with E-state index in [9.17, 15) is 10.1 Å². The van der Waals surface area contributed by atoms with Crippen molar-refractivity contribution in [1.29, 1.82) is 0 Å². The first-order valence-electron chi connectivity index (χ1n) is 5.01. The van der Waals surface area contributed by atoms with Gasteiger partial charge in [0.1, 0.15) is 17.2 Å². The summed E-state index contributed by atoms with van der Waals surface area (Å²) in [5.74, 6) is 0.460. The zero-order valence-electron chi connectivity index (χ0n) is 9.78. The molecule has 0 aliphatic heterocycles. The molecule has 2 aromatic heterocycles. The Morgan fingerprint density at radius 3 is 2.50 bits per heavy atom. The first kappa shape index (κ1) is 11.8. The smallest absolute Gasteiger partial charge is 0.313 e. The zero-order chi connectivity index (χ0) is 13.4. The molecule has 94 valence electrons. The van der Waals surface area contributed by atoms with Gasteiger partial charge in [-0.05, 0) is 13.8 Å². The number of nitrogens with zero attached hydrogens (tertiary/aromatic N) is 5. The van der Waals surface area contributed by atoms with E-state index in [0.717, 1.165) is 0 Å². The minimum atomic E-state index is -0.484. The Morgan fingerprint density at radius 1 is 1.33 bits per heavy atom. The Balaban J connectivity index is 2.65. The Labute approximate surface area is 102 Å². The van der Waals surface area contributed by atoms with E-state index < -0.39 is 4.92 Å². The van der Waals surface area contributed by atoms with Crippen LogP contribution in [0.5, 0.6) is 0 Å². The molecule has 0 amide bonds. The van der Waals surface area contributed by atoms with Crippen LogP contribution in [-0.4, -0.2) is 24.7 Å². The van der Waals surface area contributed by atoms with Gasteiger partial charge in [-0.25, -0.2) is 4.68 Å². The highest BCUT2D eigenvalue weighted by molar-refractivity contribution is 5.47. The molecule has 0 radical (unpaired) electrons. The van der Waals surface area contributed by atoms with Crippen molar-refractivity contribution >= 4 is 17.5 Å². The lowest BCUT2D eigenvalue weighted by Crippen LogP contribution is -2.07. The Hall–Kier alpha value is -2.71. The van der Waals surface area contributed by atoms with Crippen LogP contribution in [0.3, 0.4) is 0 Å². The largest absolute Gasteiger partial charge is 0.383 e. The van der Waals surface area contributed by atoms with Gasteiger partial charge in [-0.3, -0.25) is 10.1 Å². The van der Waals surface area contributed by atoms with Crippen LogP contribution >= 0.6 is 0 Å². The average Bonchev–Trinajstić information content (AvgIpc) is 2.52. The highest BCUT2D eigenvalue weighted by Crippen LogP contribution is 2.24. The highest BCUT2D eigenvalue weighted by atomic mass is 16.6. The third kappa shape index (κ3) is 1.81. The molecular weight excluding hydrogens is 238 g/mol. The summed E-state index contributed by atoms with van der Waals surface area (Å²) in [6, 6.07) is 1.44. The molecule has 0 unspecified atom stereocenters. The van der Waals surface area contributed by atoms with Crippen molar-refractivity contribution in [3.63, 3.8) is 0 Å². The molecule has 2 rings (SSSR count). The van der Waals surface area contributed by atoms with Crippen LogP contribution in [0.4, 0.5) is 17.5 Å². The first-order chi connectivity index (χ1) is 8.40. The molecule has 0 fully saturated rings. The van der Waals surface area contributed by atoms with Crippen LogP contribution in [0.1, 0.15) is 11.4 Å². The fourth-order valence-electron chi connectivity index (χ4n) is 1.70. The lowest BCUT2D eigenvalue weighted by atomic mass is 10.3. The number of nitrogens with two attached hydrogens (primary N) is 2. The second-order valence-electron chi connectivity index (χ2n) is 3.70. The highest BCUT2D eigenvalue weighted by Gasteiger charge is 2.23. The first-order valence-corrected chi connectivity index (χ1v) is 5.01. The normalized spacial score (nSPS) is 10.6. The summed E-state index contributed by atoms with van der Waals surface area (Å²) in [5.41, 5.74) is 11.6. The summed E-state index contributed by atoms with van der Waals surface area (Å²) in [7, 11) is 0. The second-order valence-corrected chi connectivity index (χ2v) is 3.70. The number of hydrogen-bond acceptors (Lipinski definition) is 7. The summed E-state index contributed by atoms with van der Waals surface area (Å²) in [6.45, 7) is 3.13. The molecule has 0 bridgehead atoms. The van der Waals surface area contributed by atoms with Crippen LogP contribution in [0.15, 0.2) is 6.07 Å². The number of aryl methyl sites for hydroxylation is 1. The van der Waals surface area contributed by atoms with Crippen molar-refractivity contribution in [3.05, 3.63) is 27.6 Å². The lowest BCUT2D eigenvalue weighted by Gasteiger charge is -2.04. The number of nitrogen functional groups attached to an aromatic ring is 2. The molecule has 9 nitrogen and oxygen atoms in total. The van der Waals surface area contributed by atoms with E-state index in [1.807, 2.05) is 0 Å². The summed E-state index contributed by atoms with van der Waals surface area (Å²) >= 11 is 0. The molecule has 2 heterocycles. The number of hydrogen-bond donors (Lipinski definition) is 2. The van der Waals surface area contributed by atoms with Crippen molar-refractivity contribution in [3.8, 4) is 5.82 Å². The van der Waals surface area contributed by atoms with Crippen LogP contribution < -0.4 is 11.5 Å². The van der Waals surface area contributed by atoms with Gasteiger partial charge in [0.05, 0.1) is 4.92 Å². The van der Waals surface area contributed by atoms with Crippen LogP contribution in [0.2, 0.25) is 0 Å². The van der Waals surface area contributed by atoms with Gasteiger partial charge >= 0.3 is 5.69 Å². The molecule has 0 aromatic carbocycles. The lowest BCUT2D eigenvalue weighted by molar-refractivity contribution is -0.386. The molecule has 2 aromatic rings. The van der Waals surface area contributed by atoms with Gasteiger partial charge in [0.25, 0.3) is 0 Å². The van der Waals surface area contributed by atoms with Crippen molar-refractivity contribution in [2.24, 2.45) is 0 Å². The molecular formula is C9H11N7O2. The Kier molecular flexibility index (Phi) is 2.58. The van der Waals surface area contributed by atoms with Gasteiger partial charge in [0.15, 0.2) is 5.82 Å². The van der Waals surface area contributed by atoms with E-state index in [1.165, 1.54) is 10.7 Å². The molecule has 0 atom stereocenters. The Morgan fingerprint density at radius 2 is 2.00 bits per heavy atom. The quantitative estimate of drug-likeness (QED) is 0.578. The minimum Gasteiger partial charge on any atom is -0.383 e. The molecule has 9 heteroatoms. The summed E-state index contributed by atoms with van der Waals surface area (Å²) in [6.07, 6.45) is 0. The maximum atomic E-state index is 10.9. The average molecular weight is 249 g/mol. The predicted octanol–water partition coefficient (Wildman–Crippen LogP) is 0.352. The van der Waals surface area contributed by atoms with E-state index in [-0.39, 0.29) is 17.5 Å². The minimum absolute atomic E-state index is 0.0137. The summed E-state index contributed by atoms with van der Waals surface area (Å²) < 4.78 is 1.32. The topological polar surface area (TPSA) is 139 Å². The molecule has 0 spiro atoms. The summed E-state index contributed by atoms with van der Waals surface area (Å²) in [4.78, 5) is 18.1. The van der Waals surface area contributed by atoms with Crippen LogP contribution in [-0.2, 0) is 0 Å². The predicted molar refractivity (Wildman–Crippen MR) is 64.1 cm³/mol. The molecule has 0 aliphatic rings. The standard InChI is InChI=1S/C9H11N7O2/c1-4-8(16(17)18)5(2)15(14-4)7-3-6(10)12-9(11)13-7/h3H,1-2H3,(H4,10,11,12,13). The fourth-order valence-corrected chi connectivity index (χ4v) is 1.70. The van der Waals surface area contributed by atoms with Crippen molar-refractivity contribution in [1.82, 2.24) is 19.7 Å². The van der Waals surface area contributed by atoms with Gasteiger partial charge < -0.3 is 11.5 Å². The molecule has 18 heavy (non-hydrogen) atoms. The van der Waals surface area contributed by atoms with E-state index >= 15 is 0 Å². The van der Waals surface area contributed by atoms with Crippen molar-refractivity contribution in [2.45, 2.75) is 13.8 Å². The maximum absolute atomic E-state index is 10.9. The molecule has 0 aliphatic carbocycles. The number of anilines is 2. The molecule has 0 saturated carbocycles. The van der Waals surface area contributed by atoms with Gasteiger partial charge in [-0.2, -0.15) is 15.1 Å².